The van der Waals surface area contributed by atoms with Crippen LogP contribution in [0.25, 0.3) is 0 Å². The molecule has 0 bridgehead atoms. The minimum absolute atomic E-state index is 0.0525. The van der Waals surface area contributed by atoms with Gasteiger partial charge in [0.15, 0.2) is 5.25 Å². The first-order chi connectivity index (χ1) is 14.6. The lowest BCUT2D eigenvalue weighted by Crippen LogP contribution is -2.49. The molecule has 1 unspecified atom stereocenters. The van der Waals surface area contributed by atoms with E-state index in [2.05, 4.69) is 10.6 Å². The molecule has 2 aromatic carbocycles. The van der Waals surface area contributed by atoms with Gasteiger partial charge in [0.25, 0.3) is 0 Å². The minimum Gasteiger partial charge on any atom is -0.356 e. The maximum atomic E-state index is 12.9. The fraction of sp³-hybridized carbons (Fsp3) is 0.348. The molecule has 1 fully saturated rings. The van der Waals surface area contributed by atoms with E-state index >= 15 is 0 Å². The Morgan fingerprint density at radius 2 is 1.73 bits per heavy atom. The molecule has 1 atom stereocenters. The second-order valence-electron chi connectivity index (χ2n) is 7.61. The predicted octanol–water partition coefficient (Wildman–Crippen LogP) is 2.70. The second-order valence-corrected chi connectivity index (χ2v) is 8.76. The molecule has 3 amide bonds. The summed E-state index contributed by atoms with van der Waals surface area (Å²) in [6.45, 7) is 1.61. The topological polar surface area (TPSA) is 78.5 Å². The highest BCUT2D eigenvalue weighted by Gasteiger charge is 2.37. The zero-order valence-electron chi connectivity index (χ0n) is 16.7. The Morgan fingerprint density at radius 3 is 2.50 bits per heavy atom. The Balaban J connectivity index is 1.25. The van der Waals surface area contributed by atoms with Crippen LogP contribution in [0.1, 0.15) is 18.4 Å². The quantitative estimate of drug-likeness (QED) is 0.725. The fourth-order valence-corrected chi connectivity index (χ4v) is 4.93. The summed E-state index contributed by atoms with van der Waals surface area (Å²) in [5, 5.41) is 5.07. The molecule has 4 rings (SSSR count). The molecule has 2 aliphatic heterocycles. The zero-order chi connectivity index (χ0) is 20.9. The first kappa shape index (κ1) is 20.5. The van der Waals surface area contributed by atoms with Crippen molar-refractivity contribution in [2.24, 2.45) is 5.92 Å². The van der Waals surface area contributed by atoms with E-state index in [1.807, 2.05) is 54.6 Å². The number of anilines is 1. The Hall–Kier alpha value is -2.80. The van der Waals surface area contributed by atoms with E-state index in [-0.39, 0.29) is 23.6 Å². The third kappa shape index (κ3) is 4.67. The molecule has 156 valence electrons. The summed E-state index contributed by atoms with van der Waals surface area (Å²) in [6, 6.07) is 17.6. The van der Waals surface area contributed by atoms with Crippen molar-refractivity contribution in [1.82, 2.24) is 10.2 Å². The van der Waals surface area contributed by atoms with Crippen LogP contribution in [0.15, 0.2) is 59.5 Å². The molecule has 0 aromatic heterocycles. The van der Waals surface area contributed by atoms with Gasteiger partial charge in [-0.3, -0.25) is 14.4 Å². The maximum Gasteiger partial charge on any atom is 0.247 e. The summed E-state index contributed by atoms with van der Waals surface area (Å²) < 4.78 is 0. The number of rotatable bonds is 5. The van der Waals surface area contributed by atoms with Crippen LogP contribution in [-0.2, 0) is 20.8 Å². The molecular formula is C23H25N3O3S. The van der Waals surface area contributed by atoms with Gasteiger partial charge in [-0.05, 0) is 37.0 Å². The van der Waals surface area contributed by atoms with Gasteiger partial charge in [-0.15, -0.1) is 11.8 Å². The number of piperidine rings is 1. The molecule has 2 aliphatic rings. The highest BCUT2D eigenvalue weighted by molar-refractivity contribution is 8.01. The molecule has 0 radical (unpaired) electrons. The molecule has 2 N–H and O–H groups in total. The Labute approximate surface area is 180 Å². The lowest BCUT2D eigenvalue weighted by molar-refractivity contribution is -0.137. The largest absolute Gasteiger partial charge is 0.356 e. The highest BCUT2D eigenvalue weighted by atomic mass is 32.2. The van der Waals surface area contributed by atoms with Crippen molar-refractivity contribution in [3.63, 3.8) is 0 Å². The number of nitrogens with zero attached hydrogens (tertiary/aromatic N) is 1. The molecular weight excluding hydrogens is 398 g/mol. The molecule has 1 saturated heterocycles. The highest BCUT2D eigenvalue weighted by Crippen LogP contribution is 2.36. The van der Waals surface area contributed by atoms with E-state index in [9.17, 15) is 14.4 Å². The fourth-order valence-electron chi connectivity index (χ4n) is 3.86. The van der Waals surface area contributed by atoms with Gasteiger partial charge < -0.3 is 15.5 Å². The smallest absolute Gasteiger partial charge is 0.247 e. The summed E-state index contributed by atoms with van der Waals surface area (Å²) in [4.78, 5) is 40.4. The molecule has 0 spiro atoms. The standard InChI is InChI=1S/C23H25N3O3S/c27-21(24-13-10-16-6-2-1-3-7-16)17-11-14-26(15-12-17)23(29)20-22(28)25-18-8-4-5-9-19(18)30-20/h1-9,17,20H,10-15H2,(H,24,27)(H,25,28). The number of benzene rings is 2. The molecule has 0 aliphatic carbocycles. The van der Waals surface area contributed by atoms with Gasteiger partial charge in [-0.2, -0.15) is 0 Å². The van der Waals surface area contributed by atoms with Crippen molar-refractivity contribution in [1.29, 1.82) is 0 Å². The minimum atomic E-state index is -0.767. The van der Waals surface area contributed by atoms with E-state index in [0.29, 0.717) is 32.5 Å². The van der Waals surface area contributed by atoms with E-state index in [1.165, 1.54) is 17.3 Å². The van der Waals surface area contributed by atoms with E-state index in [0.717, 1.165) is 17.0 Å². The van der Waals surface area contributed by atoms with Crippen molar-refractivity contribution < 1.29 is 14.4 Å². The van der Waals surface area contributed by atoms with Crippen LogP contribution < -0.4 is 10.6 Å². The van der Waals surface area contributed by atoms with Crippen LogP contribution in [0, 0.1) is 5.92 Å². The third-order valence-electron chi connectivity index (χ3n) is 5.59. The number of carbonyl (C=O) groups excluding carboxylic acids is 3. The summed E-state index contributed by atoms with van der Waals surface area (Å²) >= 11 is 1.30. The van der Waals surface area contributed by atoms with Crippen LogP contribution >= 0.6 is 11.8 Å². The molecule has 2 heterocycles. The van der Waals surface area contributed by atoms with Gasteiger partial charge in [0.2, 0.25) is 17.7 Å². The van der Waals surface area contributed by atoms with E-state index in [4.69, 9.17) is 0 Å². The zero-order valence-corrected chi connectivity index (χ0v) is 17.5. The van der Waals surface area contributed by atoms with E-state index < -0.39 is 5.25 Å². The number of carbonyl (C=O) groups is 3. The lowest BCUT2D eigenvalue weighted by atomic mass is 9.95. The van der Waals surface area contributed by atoms with Gasteiger partial charge in [0, 0.05) is 30.4 Å². The molecule has 6 nitrogen and oxygen atoms in total. The molecule has 0 saturated carbocycles. The summed E-state index contributed by atoms with van der Waals surface area (Å²) in [7, 11) is 0. The molecule has 2 aromatic rings. The van der Waals surface area contributed by atoms with Gasteiger partial charge in [0.05, 0.1) is 5.69 Å². The van der Waals surface area contributed by atoms with Gasteiger partial charge >= 0.3 is 0 Å². The number of hydrogen-bond acceptors (Lipinski definition) is 4. The number of nitrogens with one attached hydrogen (secondary N) is 2. The maximum absolute atomic E-state index is 12.9. The lowest BCUT2D eigenvalue weighted by Gasteiger charge is -2.34. The van der Waals surface area contributed by atoms with Gasteiger partial charge in [-0.1, -0.05) is 42.5 Å². The Kier molecular flexibility index (Phi) is 6.38. The van der Waals surface area contributed by atoms with Crippen LogP contribution in [0.3, 0.4) is 0 Å². The van der Waals surface area contributed by atoms with Crippen LogP contribution in [0.5, 0.6) is 0 Å². The average Bonchev–Trinajstić information content (AvgIpc) is 2.79. The Morgan fingerprint density at radius 1 is 1.03 bits per heavy atom. The number of thioether (sulfide) groups is 1. The first-order valence-corrected chi connectivity index (χ1v) is 11.2. The van der Waals surface area contributed by atoms with Crippen LogP contribution in [0.4, 0.5) is 5.69 Å². The summed E-state index contributed by atoms with van der Waals surface area (Å²) in [5.41, 5.74) is 1.95. The monoisotopic (exact) mass is 423 g/mol. The predicted molar refractivity (Wildman–Crippen MR) is 117 cm³/mol. The number of likely N-dealkylation sites (tertiary alicyclic amines) is 1. The molecule has 30 heavy (non-hydrogen) atoms. The SMILES string of the molecule is O=C(NCCc1ccccc1)C1CCN(C(=O)C2Sc3ccccc3NC2=O)CC1. The molecule has 7 heteroatoms. The van der Waals surface area contributed by atoms with Crippen molar-refractivity contribution in [3.05, 3.63) is 60.2 Å². The van der Waals surface area contributed by atoms with Crippen molar-refractivity contribution in [2.75, 3.05) is 25.0 Å². The van der Waals surface area contributed by atoms with Crippen molar-refractivity contribution >= 4 is 35.2 Å². The number of fused-ring (bicyclic) bond motifs is 1. The van der Waals surface area contributed by atoms with Crippen molar-refractivity contribution in [3.8, 4) is 0 Å². The van der Waals surface area contributed by atoms with Gasteiger partial charge in [-0.25, -0.2) is 0 Å². The van der Waals surface area contributed by atoms with Crippen LogP contribution in [-0.4, -0.2) is 47.5 Å². The second kappa shape index (κ2) is 9.34. The van der Waals surface area contributed by atoms with Crippen molar-refractivity contribution in [2.45, 2.75) is 29.4 Å². The first-order valence-electron chi connectivity index (χ1n) is 10.3. The summed E-state index contributed by atoms with van der Waals surface area (Å²) in [5.74, 6) is -0.477. The third-order valence-corrected chi connectivity index (χ3v) is 6.85. The Bertz CT molecular complexity index is 926. The van der Waals surface area contributed by atoms with Crippen LogP contribution in [0.2, 0.25) is 0 Å². The number of amides is 3. The average molecular weight is 424 g/mol. The normalized spacial score (nSPS) is 19.0. The number of para-hydroxylation sites is 1. The number of hydrogen-bond donors (Lipinski definition) is 2. The van der Waals surface area contributed by atoms with Gasteiger partial charge in [0.1, 0.15) is 0 Å². The summed E-state index contributed by atoms with van der Waals surface area (Å²) in [6.07, 6.45) is 2.05. The van der Waals surface area contributed by atoms with E-state index in [1.54, 1.807) is 4.90 Å².